The maximum atomic E-state index is 13.1. The van der Waals surface area contributed by atoms with Crippen molar-refractivity contribution in [2.45, 2.75) is 26.3 Å². The molecule has 0 saturated carbocycles. The first-order valence-corrected chi connectivity index (χ1v) is 9.39. The average molecular weight is 368 g/mol. The molecule has 0 amide bonds. The summed E-state index contributed by atoms with van der Waals surface area (Å²) in [5.41, 5.74) is 1.85. The number of fused-ring (bicyclic) bond motifs is 1. The molecule has 27 heavy (non-hydrogen) atoms. The average Bonchev–Trinajstić information content (AvgIpc) is 2.96. The molecule has 4 nitrogen and oxygen atoms in total. The minimum atomic E-state index is -0.329. The van der Waals surface area contributed by atoms with E-state index in [1.165, 1.54) is 29.9 Å². The van der Waals surface area contributed by atoms with Gasteiger partial charge in [-0.2, -0.15) is 0 Å². The third-order valence-electron chi connectivity index (χ3n) is 5.38. The molecule has 0 bridgehead atoms. The number of hydrogen-bond acceptors (Lipinski definition) is 3. The molecule has 140 valence electrons. The van der Waals surface area contributed by atoms with Crippen LogP contribution < -0.4 is 9.64 Å². The molecule has 5 heteroatoms. The van der Waals surface area contributed by atoms with Crippen LogP contribution in [0.1, 0.15) is 41.3 Å². The quantitative estimate of drug-likeness (QED) is 0.819. The van der Waals surface area contributed by atoms with Crippen molar-refractivity contribution >= 4 is 11.9 Å². The number of nitrogens with one attached hydrogen (secondary N) is 1. The van der Waals surface area contributed by atoms with Gasteiger partial charge in [0.1, 0.15) is 18.1 Å². The molecule has 2 aromatic carbocycles. The van der Waals surface area contributed by atoms with E-state index in [4.69, 9.17) is 4.74 Å². The van der Waals surface area contributed by atoms with Crippen molar-refractivity contribution in [1.82, 2.24) is 0 Å². The first kappa shape index (κ1) is 17.7. The van der Waals surface area contributed by atoms with Gasteiger partial charge in [-0.1, -0.05) is 19.1 Å². The number of likely N-dealkylation sites (tertiary alicyclic amines) is 1. The van der Waals surface area contributed by atoms with Crippen molar-refractivity contribution in [2.24, 2.45) is 5.92 Å². The Labute approximate surface area is 157 Å². The number of rotatable bonds is 3. The lowest BCUT2D eigenvalue weighted by Crippen LogP contribution is -3.12. The minimum Gasteiger partial charge on any atom is -0.507 e. The van der Waals surface area contributed by atoms with Gasteiger partial charge in [0.2, 0.25) is 5.78 Å². The largest absolute Gasteiger partial charge is 0.507 e. The van der Waals surface area contributed by atoms with Crippen molar-refractivity contribution in [3.05, 3.63) is 64.7 Å². The summed E-state index contributed by atoms with van der Waals surface area (Å²) < 4.78 is 19.0. The first-order valence-electron chi connectivity index (χ1n) is 9.39. The van der Waals surface area contributed by atoms with Crippen LogP contribution in [0.2, 0.25) is 0 Å². The van der Waals surface area contributed by atoms with Gasteiger partial charge in [0.05, 0.1) is 24.2 Å². The number of benzene rings is 2. The predicted molar refractivity (Wildman–Crippen MR) is 100 cm³/mol. The van der Waals surface area contributed by atoms with Gasteiger partial charge in [-0.3, -0.25) is 4.79 Å². The Morgan fingerprint density at radius 2 is 2.04 bits per heavy atom. The molecule has 0 spiro atoms. The van der Waals surface area contributed by atoms with E-state index < -0.39 is 0 Å². The van der Waals surface area contributed by atoms with Gasteiger partial charge in [0.15, 0.2) is 11.5 Å². The highest BCUT2D eigenvalue weighted by atomic mass is 19.1. The van der Waals surface area contributed by atoms with Gasteiger partial charge in [0.25, 0.3) is 0 Å². The van der Waals surface area contributed by atoms with Crippen LogP contribution in [0.25, 0.3) is 6.08 Å². The van der Waals surface area contributed by atoms with Crippen molar-refractivity contribution < 1.29 is 23.9 Å². The summed E-state index contributed by atoms with van der Waals surface area (Å²) >= 11 is 0. The molecule has 1 fully saturated rings. The third-order valence-corrected chi connectivity index (χ3v) is 5.38. The number of phenolic OH excluding ortho intramolecular Hbond substituents is 1. The number of ether oxygens (including phenoxy) is 1. The second kappa shape index (κ2) is 7.16. The fourth-order valence-corrected chi connectivity index (χ4v) is 3.99. The molecule has 2 heterocycles. The van der Waals surface area contributed by atoms with Crippen LogP contribution in [0.4, 0.5) is 4.39 Å². The van der Waals surface area contributed by atoms with Crippen LogP contribution in [0.5, 0.6) is 11.5 Å². The van der Waals surface area contributed by atoms with Crippen molar-refractivity contribution in [3.8, 4) is 11.5 Å². The van der Waals surface area contributed by atoms with E-state index in [1.807, 2.05) is 0 Å². The van der Waals surface area contributed by atoms with Gasteiger partial charge in [-0.05, 0) is 48.7 Å². The van der Waals surface area contributed by atoms with E-state index >= 15 is 0 Å². The minimum absolute atomic E-state index is 0.162. The number of phenols is 1. The monoisotopic (exact) mass is 368 g/mol. The predicted octanol–water partition coefficient (Wildman–Crippen LogP) is 2.96. The van der Waals surface area contributed by atoms with Crippen LogP contribution in [0.15, 0.2) is 42.2 Å². The summed E-state index contributed by atoms with van der Waals surface area (Å²) in [6, 6.07) is 9.06. The summed E-state index contributed by atoms with van der Waals surface area (Å²) in [4.78, 5) is 14.1. The van der Waals surface area contributed by atoms with Gasteiger partial charge in [-0.15, -0.1) is 0 Å². The molecule has 1 unspecified atom stereocenters. The van der Waals surface area contributed by atoms with E-state index in [0.29, 0.717) is 34.9 Å². The van der Waals surface area contributed by atoms with E-state index in [1.54, 1.807) is 30.3 Å². The Balaban J connectivity index is 1.63. The standard InChI is InChI=1S/C22H22FNO3/c1-14-3-2-10-24(12-14)13-18-19(25)9-8-17-21(26)20(27-22(17)18)11-15-4-6-16(23)7-5-15/h4-9,11,14,25H,2-3,10,12-13H2,1H3/p+1/b20-11-/t14-/m0/s1. The molecular weight excluding hydrogens is 345 g/mol. The van der Waals surface area contributed by atoms with Gasteiger partial charge < -0.3 is 14.7 Å². The third kappa shape index (κ3) is 3.60. The number of allylic oxidation sites excluding steroid dienone is 1. The molecule has 2 atom stereocenters. The van der Waals surface area contributed by atoms with E-state index in [2.05, 4.69) is 6.92 Å². The zero-order valence-corrected chi connectivity index (χ0v) is 15.3. The highest BCUT2D eigenvalue weighted by Gasteiger charge is 2.33. The maximum Gasteiger partial charge on any atom is 0.231 e. The summed E-state index contributed by atoms with van der Waals surface area (Å²) in [5.74, 6) is 0.937. The zero-order valence-electron chi connectivity index (χ0n) is 15.3. The second-order valence-electron chi connectivity index (χ2n) is 7.56. The van der Waals surface area contributed by atoms with Crippen molar-refractivity contribution in [2.75, 3.05) is 13.1 Å². The SMILES string of the molecule is C[C@H]1CCC[NH+](Cc2c(O)ccc3c2O/C(=C\c2ccc(F)cc2)C3=O)C1. The lowest BCUT2D eigenvalue weighted by molar-refractivity contribution is -0.922. The Morgan fingerprint density at radius 1 is 1.26 bits per heavy atom. The zero-order chi connectivity index (χ0) is 19.0. The normalized spacial score (nSPS) is 23.3. The molecule has 0 aromatic heterocycles. The number of piperidine rings is 1. The fraction of sp³-hybridized carbons (Fsp3) is 0.318. The van der Waals surface area contributed by atoms with E-state index in [-0.39, 0.29) is 23.1 Å². The Kier molecular flexibility index (Phi) is 4.70. The molecule has 2 aliphatic rings. The first-order chi connectivity index (χ1) is 13.0. The number of Topliss-reactive ketones (excluding diaryl/α,β-unsaturated/α-hetero) is 1. The van der Waals surface area contributed by atoms with Crippen LogP contribution in [-0.2, 0) is 6.54 Å². The van der Waals surface area contributed by atoms with Gasteiger partial charge >= 0.3 is 0 Å². The molecular formula is C22H23FNO3+. The Hall–Kier alpha value is -2.66. The van der Waals surface area contributed by atoms with E-state index in [9.17, 15) is 14.3 Å². The Morgan fingerprint density at radius 3 is 2.78 bits per heavy atom. The summed E-state index contributed by atoms with van der Waals surface area (Å²) in [5, 5.41) is 10.4. The molecule has 0 aliphatic carbocycles. The van der Waals surface area contributed by atoms with Crippen molar-refractivity contribution in [3.63, 3.8) is 0 Å². The van der Waals surface area contributed by atoms with Gasteiger partial charge in [0, 0.05) is 5.92 Å². The topological polar surface area (TPSA) is 51.0 Å². The van der Waals surface area contributed by atoms with Crippen LogP contribution in [-0.4, -0.2) is 24.0 Å². The lowest BCUT2D eigenvalue weighted by Gasteiger charge is -2.28. The smallest absolute Gasteiger partial charge is 0.231 e. The summed E-state index contributed by atoms with van der Waals surface area (Å²) in [6.45, 7) is 4.99. The number of carbonyl (C=O) groups is 1. The van der Waals surface area contributed by atoms with Crippen LogP contribution >= 0.6 is 0 Å². The molecule has 1 saturated heterocycles. The number of quaternary nitrogens is 1. The van der Waals surface area contributed by atoms with Crippen molar-refractivity contribution in [1.29, 1.82) is 0 Å². The summed E-state index contributed by atoms with van der Waals surface area (Å²) in [6.07, 6.45) is 4.02. The number of hydrogen-bond donors (Lipinski definition) is 2. The van der Waals surface area contributed by atoms with Crippen LogP contribution in [0.3, 0.4) is 0 Å². The van der Waals surface area contributed by atoms with E-state index in [0.717, 1.165) is 13.1 Å². The fourth-order valence-electron chi connectivity index (χ4n) is 3.99. The highest BCUT2D eigenvalue weighted by molar-refractivity contribution is 6.14. The molecule has 2 N–H and O–H groups in total. The number of halogens is 1. The lowest BCUT2D eigenvalue weighted by atomic mass is 9.99. The van der Waals surface area contributed by atoms with Crippen LogP contribution in [0, 0.1) is 11.7 Å². The number of carbonyl (C=O) groups excluding carboxylic acids is 1. The maximum absolute atomic E-state index is 13.1. The molecule has 2 aromatic rings. The van der Waals surface area contributed by atoms with Gasteiger partial charge in [-0.25, -0.2) is 4.39 Å². The number of aromatic hydroxyl groups is 1. The summed E-state index contributed by atoms with van der Waals surface area (Å²) in [7, 11) is 0. The molecule has 2 aliphatic heterocycles. The molecule has 4 rings (SSSR count). The Bertz CT molecular complexity index is 905. The molecule has 0 radical (unpaired) electrons. The highest BCUT2D eigenvalue weighted by Crippen LogP contribution is 2.39. The number of ketones is 1. The second-order valence-corrected chi connectivity index (χ2v) is 7.56.